The second-order valence-corrected chi connectivity index (χ2v) is 4.92. The van der Waals surface area contributed by atoms with E-state index >= 15 is 0 Å². The van der Waals surface area contributed by atoms with Crippen LogP contribution in [-0.4, -0.2) is 29.2 Å². The summed E-state index contributed by atoms with van der Waals surface area (Å²) in [4.78, 5) is 2.42. The van der Waals surface area contributed by atoms with Gasteiger partial charge in [0.05, 0.1) is 12.2 Å². The van der Waals surface area contributed by atoms with Gasteiger partial charge in [-0.15, -0.1) is 0 Å². The van der Waals surface area contributed by atoms with Gasteiger partial charge in [0.2, 0.25) is 0 Å². The minimum Gasteiger partial charge on any atom is -0.360 e. The molecule has 0 amide bonds. The van der Waals surface area contributed by atoms with Gasteiger partial charge in [0.1, 0.15) is 0 Å². The Bertz CT molecular complexity index is 337. The Morgan fingerprint density at radius 3 is 3.06 bits per heavy atom. The highest BCUT2D eigenvalue weighted by atomic mass is 16.5. The van der Waals surface area contributed by atoms with Crippen LogP contribution in [0, 0.1) is 12.8 Å². The maximum absolute atomic E-state index is 5.83. The topological polar surface area (TPSA) is 55.3 Å². The van der Waals surface area contributed by atoms with Gasteiger partial charge in [-0.25, -0.2) is 0 Å². The molecule has 4 nitrogen and oxygen atoms in total. The number of aromatic nitrogens is 1. The summed E-state index contributed by atoms with van der Waals surface area (Å²) in [5.74, 6) is 1.74. The van der Waals surface area contributed by atoms with E-state index in [0.29, 0.717) is 6.04 Å². The molecule has 2 unspecified atom stereocenters. The van der Waals surface area contributed by atoms with Gasteiger partial charge in [0, 0.05) is 18.7 Å². The van der Waals surface area contributed by atoms with Gasteiger partial charge in [0.25, 0.3) is 0 Å². The van der Waals surface area contributed by atoms with E-state index in [9.17, 15) is 0 Å². The number of nitrogens with zero attached hydrogens (tertiary/aromatic N) is 2. The molecule has 1 aliphatic rings. The molecule has 2 heterocycles. The number of likely N-dealkylation sites (tertiary alicyclic amines) is 1. The Morgan fingerprint density at radius 1 is 1.62 bits per heavy atom. The van der Waals surface area contributed by atoms with Crippen LogP contribution in [0.5, 0.6) is 0 Å². The van der Waals surface area contributed by atoms with Gasteiger partial charge in [-0.1, -0.05) is 12.1 Å². The average molecular weight is 223 g/mol. The molecule has 1 fully saturated rings. The molecule has 16 heavy (non-hydrogen) atoms. The minimum absolute atomic E-state index is 0.495. The van der Waals surface area contributed by atoms with E-state index < -0.39 is 0 Å². The van der Waals surface area contributed by atoms with Crippen LogP contribution in [0.25, 0.3) is 0 Å². The molecule has 1 aromatic rings. The van der Waals surface area contributed by atoms with E-state index in [0.717, 1.165) is 37.0 Å². The van der Waals surface area contributed by atoms with Crippen molar-refractivity contribution in [1.29, 1.82) is 0 Å². The van der Waals surface area contributed by atoms with Gasteiger partial charge in [-0.3, -0.25) is 4.90 Å². The third-order valence-electron chi connectivity index (χ3n) is 3.41. The van der Waals surface area contributed by atoms with Gasteiger partial charge < -0.3 is 10.3 Å². The number of rotatable bonds is 3. The van der Waals surface area contributed by atoms with Crippen molar-refractivity contribution in [3.8, 4) is 0 Å². The van der Waals surface area contributed by atoms with Crippen molar-refractivity contribution in [1.82, 2.24) is 10.1 Å². The van der Waals surface area contributed by atoms with Gasteiger partial charge >= 0.3 is 0 Å². The Balaban J connectivity index is 1.97. The number of aryl methyl sites for hydroxylation is 1. The lowest BCUT2D eigenvalue weighted by Gasteiger charge is -2.37. The van der Waals surface area contributed by atoms with Crippen LogP contribution in [0.4, 0.5) is 0 Å². The van der Waals surface area contributed by atoms with E-state index in [1.165, 1.54) is 12.8 Å². The molecule has 0 aromatic carbocycles. The number of hydrogen-bond acceptors (Lipinski definition) is 4. The summed E-state index contributed by atoms with van der Waals surface area (Å²) in [6.07, 6.45) is 2.45. The number of piperidine rings is 1. The largest absolute Gasteiger partial charge is 0.360 e. The molecule has 0 bridgehead atoms. The lowest BCUT2D eigenvalue weighted by Crippen LogP contribution is -2.45. The van der Waals surface area contributed by atoms with Crippen LogP contribution in [0.2, 0.25) is 0 Å². The van der Waals surface area contributed by atoms with E-state index in [4.69, 9.17) is 10.3 Å². The molecule has 1 saturated heterocycles. The average Bonchev–Trinajstić information content (AvgIpc) is 2.67. The standard InChI is InChI=1S/C12H21N3O/c1-9-3-4-15(11(5-9)7-13)8-12-6-10(2)14-16-12/h6,9,11H,3-5,7-8,13H2,1-2H3. The van der Waals surface area contributed by atoms with Crippen LogP contribution >= 0.6 is 0 Å². The Morgan fingerprint density at radius 2 is 2.44 bits per heavy atom. The summed E-state index contributed by atoms with van der Waals surface area (Å²) in [5.41, 5.74) is 6.78. The smallest absolute Gasteiger partial charge is 0.150 e. The fourth-order valence-electron chi connectivity index (χ4n) is 2.44. The fourth-order valence-corrected chi connectivity index (χ4v) is 2.44. The predicted octanol–water partition coefficient (Wildman–Crippen LogP) is 1.54. The van der Waals surface area contributed by atoms with Crippen molar-refractivity contribution in [3.05, 3.63) is 17.5 Å². The Labute approximate surface area is 96.8 Å². The van der Waals surface area contributed by atoms with Gasteiger partial charge in [-0.05, 0) is 32.2 Å². The van der Waals surface area contributed by atoms with Crippen LogP contribution in [-0.2, 0) is 6.54 Å². The number of nitrogens with two attached hydrogens (primary N) is 1. The van der Waals surface area contributed by atoms with Gasteiger partial charge in [0.15, 0.2) is 5.76 Å². The monoisotopic (exact) mass is 223 g/mol. The predicted molar refractivity (Wildman–Crippen MR) is 62.9 cm³/mol. The summed E-state index contributed by atoms with van der Waals surface area (Å²) in [6.45, 7) is 6.94. The van der Waals surface area contributed by atoms with Crippen LogP contribution < -0.4 is 5.73 Å². The van der Waals surface area contributed by atoms with Crippen molar-refractivity contribution >= 4 is 0 Å². The lowest BCUT2D eigenvalue weighted by atomic mass is 9.92. The summed E-state index contributed by atoms with van der Waals surface area (Å²) in [6, 6.07) is 2.50. The van der Waals surface area contributed by atoms with E-state index in [1.807, 2.05) is 13.0 Å². The first-order valence-corrected chi connectivity index (χ1v) is 6.05. The maximum Gasteiger partial charge on any atom is 0.150 e. The zero-order valence-electron chi connectivity index (χ0n) is 10.1. The molecular formula is C12H21N3O. The van der Waals surface area contributed by atoms with E-state index in [-0.39, 0.29) is 0 Å². The minimum atomic E-state index is 0.495. The maximum atomic E-state index is 5.83. The second kappa shape index (κ2) is 4.97. The molecule has 90 valence electrons. The molecule has 0 aliphatic carbocycles. The Kier molecular flexibility index (Phi) is 3.61. The number of hydrogen-bond donors (Lipinski definition) is 1. The summed E-state index contributed by atoms with van der Waals surface area (Å²) < 4.78 is 5.25. The SMILES string of the molecule is Cc1cc(CN2CCC(C)CC2CN)on1. The first kappa shape index (κ1) is 11.6. The molecule has 0 spiro atoms. The molecule has 2 N–H and O–H groups in total. The normalized spacial score (nSPS) is 27.2. The first-order valence-electron chi connectivity index (χ1n) is 6.05. The zero-order chi connectivity index (χ0) is 11.5. The summed E-state index contributed by atoms with van der Waals surface area (Å²) in [5, 5.41) is 3.92. The molecule has 0 radical (unpaired) electrons. The quantitative estimate of drug-likeness (QED) is 0.844. The molecule has 0 saturated carbocycles. The summed E-state index contributed by atoms with van der Waals surface area (Å²) >= 11 is 0. The summed E-state index contributed by atoms with van der Waals surface area (Å²) in [7, 11) is 0. The second-order valence-electron chi connectivity index (χ2n) is 4.92. The molecule has 2 rings (SSSR count). The van der Waals surface area contributed by atoms with Crippen molar-refractivity contribution in [2.24, 2.45) is 11.7 Å². The highest BCUT2D eigenvalue weighted by molar-refractivity contribution is 5.03. The molecular weight excluding hydrogens is 202 g/mol. The van der Waals surface area contributed by atoms with Crippen LogP contribution in [0.1, 0.15) is 31.2 Å². The third kappa shape index (κ3) is 2.62. The van der Waals surface area contributed by atoms with Crippen molar-refractivity contribution < 1.29 is 4.52 Å². The zero-order valence-corrected chi connectivity index (χ0v) is 10.1. The first-order chi connectivity index (χ1) is 7.69. The van der Waals surface area contributed by atoms with E-state index in [2.05, 4.69) is 17.0 Å². The van der Waals surface area contributed by atoms with Crippen LogP contribution in [0.15, 0.2) is 10.6 Å². The Hall–Kier alpha value is -0.870. The highest BCUT2D eigenvalue weighted by Crippen LogP contribution is 2.23. The van der Waals surface area contributed by atoms with Crippen molar-refractivity contribution in [2.45, 2.75) is 39.3 Å². The highest BCUT2D eigenvalue weighted by Gasteiger charge is 2.25. The fraction of sp³-hybridized carbons (Fsp3) is 0.750. The molecule has 2 atom stereocenters. The van der Waals surface area contributed by atoms with Crippen molar-refractivity contribution in [3.63, 3.8) is 0 Å². The molecule has 1 aromatic heterocycles. The molecule has 1 aliphatic heterocycles. The third-order valence-corrected chi connectivity index (χ3v) is 3.41. The van der Waals surface area contributed by atoms with Crippen LogP contribution in [0.3, 0.4) is 0 Å². The molecule has 4 heteroatoms. The lowest BCUT2D eigenvalue weighted by molar-refractivity contribution is 0.104. The van der Waals surface area contributed by atoms with Crippen molar-refractivity contribution in [2.75, 3.05) is 13.1 Å². The van der Waals surface area contributed by atoms with Gasteiger partial charge in [-0.2, -0.15) is 0 Å². The van der Waals surface area contributed by atoms with E-state index in [1.54, 1.807) is 0 Å².